The first-order chi connectivity index (χ1) is 27.6. The topological polar surface area (TPSA) is 153 Å². The fourth-order valence-electron chi connectivity index (χ4n) is 9.20. The van der Waals surface area contributed by atoms with Gasteiger partial charge in [-0.15, -0.1) is 5.10 Å². The summed E-state index contributed by atoms with van der Waals surface area (Å²) in [5.41, 5.74) is 1.28. The maximum atomic E-state index is 15.2. The molecule has 1 unspecified atom stereocenters. The number of rotatable bonds is 7. The molecule has 1 fully saturated rings. The maximum absolute atomic E-state index is 15.2. The summed E-state index contributed by atoms with van der Waals surface area (Å²) in [5, 5.41) is 17.3. The Hall–Kier alpha value is -4.24. The number of aromatic nitrogens is 2. The Morgan fingerprint density at radius 3 is 2.66 bits per heavy atom. The average molecular weight is 836 g/mol. The Morgan fingerprint density at radius 2 is 1.95 bits per heavy atom. The van der Waals surface area contributed by atoms with Gasteiger partial charge in [0.25, 0.3) is 5.91 Å². The molecule has 7 rings (SSSR count). The SMILES string of the molecule is COc1nn(C)cc1C(=O)C[S@@]1(=O)=NC(=O)c2ccc3c(c2)N(C[C@@H]2CC[C@H]2[C@@H](OC)/C=C/C(O)(CC(=O)N(C)C)[C@H](C)C1)C[C@@]1(CCCc2cc(Cl)ccc21)CO3. The molecule has 0 saturated heterocycles. The summed E-state index contributed by atoms with van der Waals surface area (Å²) in [6.45, 7) is 3.37. The number of hydrogen-bond donors (Lipinski definition) is 1. The van der Waals surface area contributed by atoms with E-state index in [4.69, 9.17) is 25.8 Å². The van der Waals surface area contributed by atoms with Crippen LogP contribution < -0.4 is 14.4 Å². The molecule has 3 aromatic rings. The molecule has 13 nitrogen and oxygen atoms in total. The van der Waals surface area contributed by atoms with E-state index in [2.05, 4.69) is 26.5 Å². The molecule has 1 saturated carbocycles. The zero-order valence-corrected chi connectivity index (χ0v) is 35.7. The largest absolute Gasteiger partial charge is 0.490 e. The second-order valence-corrected chi connectivity index (χ2v) is 19.6. The van der Waals surface area contributed by atoms with E-state index < -0.39 is 44.8 Å². The van der Waals surface area contributed by atoms with Gasteiger partial charge in [0.15, 0.2) is 5.78 Å². The third-order valence-electron chi connectivity index (χ3n) is 12.7. The quantitative estimate of drug-likeness (QED) is 0.239. The van der Waals surface area contributed by atoms with E-state index in [0.29, 0.717) is 30.5 Å². The lowest BCUT2D eigenvalue weighted by atomic mass is 9.68. The molecule has 2 aliphatic carbocycles. The highest BCUT2D eigenvalue weighted by atomic mass is 35.5. The van der Waals surface area contributed by atoms with Gasteiger partial charge < -0.3 is 29.1 Å². The number of halogens is 1. The van der Waals surface area contributed by atoms with Crippen LogP contribution in [0, 0.1) is 17.8 Å². The van der Waals surface area contributed by atoms with E-state index in [1.54, 1.807) is 59.5 Å². The molecule has 3 heterocycles. The van der Waals surface area contributed by atoms with Crippen LogP contribution in [-0.2, 0) is 38.1 Å². The number of Topliss-reactive ketones (excluding diaryl/α,β-unsaturated/α-hetero) is 1. The van der Waals surface area contributed by atoms with Crippen molar-refractivity contribution in [3.63, 3.8) is 0 Å². The molecule has 15 heteroatoms. The van der Waals surface area contributed by atoms with Gasteiger partial charge in [0.1, 0.15) is 11.3 Å². The zero-order valence-electron chi connectivity index (χ0n) is 34.1. The highest BCUT2D eigenvalue weighted by Gasteiger charge is 2.45. The average Bonchev–Trinajstić information content (AvgIpc) is 3.49. The third-order valence-corrected chi connectivity index (χ3v) is 15.1. The number of carbonyl (C=O) groups excluding carboxylic acids is 3. The summed E-state index contributed by atoms with van der Waals surface area (Å²) >= 11 is 6.48. The van der Waals surface area contributed by atoms with E-state index in [1.165, 1.54) is 34.0 Å². The van der Waals surface area contributed by atoms with Crippen LogP contribution in [0.4, 0.5) is 5.69 Å². The minimum atomic E-state index is -3.76. The number of amides is 2. The normalized spacial score (nSPS) is 30.1. The number of benzene rings is 2. The molecule has 1 spiro atoms. The molecule has 1 N–H and O–H groups in total. The molecule has 1 aromatic heterocycles. The van der Waals surface area contributed by atoms with Gasteiger partial charge in [-0.25, -0.2) is 4.21 Å². The Bertz CT molecular complexity index is 2250. The van der Waals surface area contributed by atoms with Crippen LogP contribution in [0.3, 0.4) is 0 Å². The van der Waals surface area contributed by atoms with Crippen LogP contribution in [0.1, 0.15) is 70.9 Å². The molecule has 2 bridgehead atoms. The minimum absolute atomic E-state index is 0.0475. The molecule has 2 amide bonds. The lowest BCUT2D eigenvalue weighted by Gasteiger charge is -2.46. The number of methoxy groups -OCH3 is 2. The van der Waals surface area contributed by atoms with Crippen molar-refractivity contribution in [3.05, 3.63) is 82.0 Å². The van der Waals surface area contributed by atoms with Crippen molar-refractivity contribution < 1.29 is 37.9 Å². The molecule has 2 aromatic carbocycles. The number of aliphatic hydroxyl groups is 1. The van der Waals surface area contributed by atoms with Crippen molar-refractivity contribution in [2.24, 2.45) is 29.2 Å². The molecular weight excluding hydrogens is 782 g/mol. The van der Waals surface area contributed by atoms with Crippen LogP contribution >= 0.6 is 11.6 Å². The summed E-state index contributed by atoms with van der Waals surface area (Å²) < 4.78 is 39.0. The van der Waals surface area contributed by atoms with E-state index >= 15 is 4.21 Å². The highest BCUT2D eigenvalue weighted by molar-refractivity contribution is 7.94. The minimum Gasteiger partial charge on any atom is -0.490 e. The summed E-state index contributed by atoms with van der Waals surface area (Å²) in [5.74, 6) is -2.65. The number of aryl methyl sites for hydroxylation is 2. The Labute approximate surface area is 345 Å². The predicted octanol–water partition coefficient (Wildman–Crippen LogP) is 5.50. The van der Waals surface area contributed by atoms with E-state index in [-0.39, 0.29) is 52.3 Å². The molecule has 0 radical (unpaired) electrons. The first-order valence-corrected chi connectivity index (χ1v) is 22.1. The number of hydrogen-bond acceptors (Lipinski definition) is 10. The van der Waals surface area contributed by atoms with E-state index in [0.717, 1.165) is 37.8 Å². The van der Waals surface area contributed by atoms with E-state index in [1.807, 2.05) is 12.1 Å². The number of nitrogens with zero attached hydrogens (tertiary/aromatic N) is 5. The molecular formula is C43H54ClN5O8S. The number of fused-ring (bicyclic) bond motifs is 4. The van der Waals surface area contributed by atoms with Crippen LogP contribution in [0.25, 0.3) is 0 Å². The maximum Gasteiger partial charge on any atom is 0.285 e. The first-order valence-electron chi connectivity index (χ1n) is 19.9. The molecule has 312 valence electrons. The van der Waals surface area contributed by atoms with Gasteiger partial charge in [-0.3, -0.25) is 19.1 Å². The van der Waals surface area contributed by atoms with Gasteiger partial charge in [0, 0.05) is 75.2 Å². The number of carbonyl (C=O) groups is 3. The third kappa shape index (κ3) is 8.30. The Morgan fingerprint density at radius 1 is 1.16 bits per heavy atom. The summed E-state index contributed by atoms with van der Waals surface area (Å²) in [4.78, 5) is 45.2. The van der Waals surface area contributed by atoms with E-state index in [9.17, 15) is 19.5 Å². The predicted molar refractivity (Wildman–Crippen MR) is 223 cm³/mol. The monoisotopic (exact) mass is 835 g/mol. The van der Waals surface area contributed by atoms with Crippen molar-refractivity contribution in [1.82, 2.24) is 14.7 Å². The van der Waals surface area contributed by atoms with Crippen molar-refractivity contribution in [2.45, 2.75) is 62.6 Å². The number of ether oxygens (including phenoxy) is 3. The van der Waals surface area contributed by atoms with Gasteiger partial charge in [-0.05, 0) is 85.4 Å². The highest BCUT2D eigenvalue weighted by Crippen LogP contribution is 2.47. The van der Waals surface area contributed by atoms with Gasteiger partial charge in [0.05, 0.1) is 53.0 Å². The smallest absolute Gasteiger partial charge is 0.285 e. The van der Waals surface area contributed by atoms with Crippen LogP contribution in [0.5, 0.6) is 11.6 Å². The van der Waals surface area contributed by atoms with Crippen LogP contribution in [0.2, 0.25) is 5.02 Å². The van der Waals surface area contributed by atoms with Crippen LogP contribution in [0.15, 0.2) is 59.1 Å². The van der Waals surface area contributed by atoms with Gasteiger partial charge >= 0.3 is 0 Å². The van der Waals surface area contributed by atoms with Crippen molar-refractivity contribution >= 4 is 44.6 Å². The summed E-state index contributed by atoms with van der Waals surface area (Å²) in [6, 6.07) is 11.3. The standard InChI is InChI=1S/C43H54ClN5O8S/c1-27-23-58(54,24-36(50)33-22-48(4)45-41(33)56-6)46-40(52)29-10-14-38-35(19-29)49(25-42(26-57-38)16-7-8-28-18-31(44)11-13-34(28)42)21-30-9-12-32(30)37(55-5)15-17-43(27,53)20-39(51)47(2)3/h10-11,13-15,17-19,22,27,30,32,37,53H,7-9,12,16,20-21,23-26H2,1-6H3/b17-15+/t27-,30+,32-,37+,42+,43?,58-/m1/s1. The lowest BCUT2D eigenvalue weighted by molar-refractivity contribution is -0.133. The molecule has 2 aliphatic heterocycles. The molecule has 7 atom stereocenters. The number of anilines is 1. The van der Waals surface area contributed by atoms with Crippen molar-refractivity contribution in [3.8, 4) is 11.6 Å². The Balaban J connectivity index is 1.36. The fourth-order valence-corrected chi connectivity index (χ4v) is 11.7. The molecule has 58 heavy (non-hydrogen) atoms. The zero-order chi connectivity index (χ0) is 41.6. The second kappa shape index (κ2) is 16.4. The summed E-state index contributed by atoms with van der Waals surface area (Å²) in [6.07, 6.45) is 8.80. The lowest BCUT2D eigenvalue weighted by Crippen LogP contribution is -2.49. The number of ketones is 1. The second-order valence-electron chi connectivity index (χ2n) is 16.8. The van der Waals surface area contributed by atoms with Gasteiger partial charge in [-0.1, -0.05) is 36.7 Å². The van der Waals surface area contributed by atoms with Gasteiger partial charge in [-0.2, -0.15) is 4.36 Å². The first kappa shape index (κ1) is 41.9. The van der Waals surface area contributed by atoms with Gasteiger partial charge in [0.2, 0.25) is 11.8 Å². The molecule has 4 aliphatic rings. The summed E-state index contributed by atoms with van der Waals surface area (Å²) in [7, 11) is 4.10. The van der Waals surface area contributed by atoms with Crippen LogP contribution in [-0.4, -0.2) is 113 Å². The van der Waals surface area contributed by atoms with Crippen molar-refractivity contribution in [2.75, 3.05) is 64.4 Å². The fraction of sp³-hybridized carbons (Fsp3) is 0.535. The van der Waals surface area contributed by atoms with Crippen molar-refractivity contribution in [1.29, 1.82) is 0 Å². The Kier molecular flexibility index (Phi) is 11.9.